The molecule has 1 amide bonds. The van der Waals surface area contributed by atoms with Gasteiger partial charge in [0.15, 0.2) is 15.4 Å². The van der Waals surface area contributed by atoms with Crippen molar-refractivity contribution in [2.45, 2.75) is 18.1 Å². The molecule has 0 bridgehead atoms. The fraction of sp³-hybridized carbons (Fsp3) is 0.714. The summed E-state index contributed by atoms with van der Waals surface area (Å²) in [6.07, 6.45) is -5.83. The highest BCUT2D eigenvalue weighted by Gasteiger charge is 2.53. The van der Waals surface area contributed by atoms with Crippen LogP contribution in [0.25, 0.3) is 0 Å². The van der Waals surface area contributed by atoms with Gasteiger partial charge in [-0.1, -0.05) is 0 Å². The summed E-state index contributed by atoms with van der Waals surface area (Å²) in [5.74, 6) is -5.86. The molecule has 1 saturated heterocycles. The first-order chi connectivity index (χ1) is 7.49. The number of rotatable bonds is 2. The van der Waals surface area contributed by atoms with E-state index >= 15 is 0 Å². The first-order valence-corrected chi connectivity index (χ1v) is 6.14. The Morgan fingerprint density at radius 2 is 1.82 bits per heavy atom. The maximum absolute atomic E-state index is 12.0. The van der Waals surface area contributed by atoms with Gasteiger partial charge in [-0.25, -0.2) is 13.2 Å². The number of sulfone groups is 1. The number of aliphatic carboxylic acids is 1. The molecule has 0 saturated carbocycles. The van der Waals surface area contributed by atoms with Crippen molar-refractivity contribution in [3.05, 3.63) is 0 Å². The Bertz CT molecular complexity index is 457. The number of carbonyl (C=O) groups excluding carboxylic acids is 1. The van der Waals surface area contributed by atoms with E-state index in [1.807, 2.05) is 0 Å². The summed E-state index contributed by atoms with van der Waals surface area (Å²) in [4.78, 5) is 21.5. The Morgan fingerprint density at radius 3 is 2.12 bits per heavy atom. The minimum atomic E-state index is -5.26. The lowest BCUT2D eigenvalue weighted by atomic mass is 9.99. The molecule has 0 aromatic heterocycles. The molecule has 10 heteroatoms. The molecule has 1 aliphatic heterocycles. The molecule has 0 aromatic carbocycles. The number of nitrogens with one attached hydrogen (secondary N) is 1. The van der Waals surface area contributed by atoms with E-state index in [1.54, 1.807) is 0 Å². The number of hydrogen-bond acceptors (Lipinski definition) is 4. The second kappa shape index (κ2) is 3.86. The van der Waals surface area contributed by atoms with E-state index in [0.717, 1.165) is 0 Å². The number of amides is 1. The van der Waals surface area contributed by atoms with Crippen LogP contribution in [0.1, 0.15) is 6.42 Å². The number of hydrogen-bond donors (Lipinski definition) is 2. The quantitative estimate of drug-likeness (QED) is 0.694. The van der Waals surface area contributed by atoms with Gasteiger partial charge in [0.25, 0.3) is 0 Å². The predicted molar refractivity (Wildman–Crippen MR) is 47.8 cm³/mol. The molecule has 98 valence electrons. The zero-order valence-electron chi connectivity index (χ0n) is 8.24. The summed E-state index contributed by atoms with van der Waals surface area (Å²) >= 11 is 0. The van der Waals surface area contributed by atoms with Gasteiger partial charge in [-0.2, -0.15) is 13.2 Å². The Morgan fingerprint density at radius 1 is 1.29 bits per heavy atom. The lowest BCUT2D eigenvalue weighted by Gasteiger charge is -2.24. The Balaban J connectivity index is 2.98. The fourth-order valence-electron chi connectivity index (χ4n) is 1.46. The summed E-state index contributed by atoms with van der Waals surface area (Å²) in [7, 11) is -3.75. The predicted octanol–water partition coefficient (Wildman–Crippen LogP) is -0.693. The van der Waals surface area contributed by atoms with Crippen LogP contribution in [-0.2, 0) is 19.4 Å². The molecule has 0 aliphatic carbocycles. The molecule has 17 heavy (non-hydrogen) atoms. The van der Waals surface area contributed by atoms with Gasteiger partial charge >= 0.3 is 18.1 Å². The SMILES string of the molecule is O=C(NC1(C(=O)O)CCS(=O)(=O)C1)C(F)(F)F. The van der Waals surface area contributed by atoms with Crippen LogP contribution in [0.15, 0.2) is 0 Å². The summed E-state index contributed by atoms with van der Waals surface area (Å²) < 4.78 is 58.1. The second-order valence-corrected chi connectivity index (χ2v) is 5.87. The van der Waals surface area contributed by atoms with Crippen LogP contribution in [0.4, 0.5) is 13.2 Å². The molecular formula is C7H8F3NO5S. The summed E-state index contributed by atoms with van der Waals surface area (Å²) in [5.41, 5.74) is -2.38. The Labute approximate surface area is 93.7 Å². The monoisotopic (exact) mass is 275 g/mol. The van der Waals surface area contributed by atoms with Gasteiger partial charge in [0.2, 0.25) is 0 Å². The van der Waals surface area contributed by atoms with Gasteiger partial charge in [0.05, 0.1) is 11.5 Å². The van der Waals surface area contributed by atoms with Crippen molar-refractivity contribution in [1.82, 2.24) is 5.32 Å². The van der Waals surface area contributed by atoms with E-state index in [9.17, 15) is 31.2 Å². The van der Waals surface area contributed by atoms with E-state index in [-0.39, 0.29) is 0 Å². The van der Waals surface area contributed by atoms with Gasteiger partial charge in [0.1, 0.15) is 0 Å². The average Bonchev–Trinajstić information content (AvgIpc) is 2.41. The lowest BCUT2D eigenvalue weighted by Crippen LogP contribution is -2.58. The minimum Gasteiger partial charge on any atom is -0.479 e. The van der Waals surface area contributed by atoms with Gasteiger partial charge in [0, 0.05) is 0 Å². The molecule has 1 aliphatic rings. The third-order valence-electron chi connectivity index (χ3n) is 2.33. The fourth-order valence-corrected chi connectivity index (χ4v) is 3.35. The summed E-state index contributed by atoms with van der Waals surface area (Å²) in [6, 6.07) is 0. The number of carboxylic acid groups (broad SMARTS) is 1. The standard InChI is InChI=1S/C7H8F3NO5S/c8-7(9,10)4(12)11-6(5(13)14)1-2-17(15,16)3-6/h1-3H2,(H,11,12)(H,13,14). The largest absolute Gasteiger partial charge is 0.479 e. The van der Waals surface area contributed by atoms with Crippen LogP contribution < -0.4 is 5.32 Å². The van der Waals surface area contributed by atoms with E-state index in [0.29, 0.717) is 0 Å². The van der Waals surface area contributed by atoms with Gasteiger partial charge in [-0.15, -0.1) is 0 Å². The molecule has 0 spiro atoms. The highest BCUT2D eigenvalue weighted by Crippen LogP contribution is 2.26. The van der Waals surface area contributed by atoms with Crippen molar-refractivity contribution in [1.29, 1.82) is 0 Å². The highest BCUT2D eigenvalue weighted by molar-refractivity contribution is 7.91. The van der Waals surface area contributed by atoms with Crippen molar-refractivity contribution in [3.63, 3.8) is 0 Å². The third-order valence-corrected chi connectivity index (χ3v) is 4.08. The molecule has 1 atom stereocenters. The van der Waals surface area contributed by atoms with E-state index in [2.05, 4.69) is 0 Å². The molecule has 2 N–H and O–H groups in total. The Kier molecular flexibility index (Phi) is 3.12. The zero-order valence-corrected chi connectivity index (χ0v) is 9.06. The van der Waals surface area contributed by atoms with Crippen LogP contribution >= 0.6 is 0 Å². The van der Waals surface area contributed by atoms with Crippen molar-refractivity contribution in [2.75, 3.05) is 11.5 Å². The highest BCUT2D eigenvalue weighted by atomic mass is 32.2. The first kappa shape index (κ1) is 13.7. The van der Waals surface area contributed by atoms with E-state index < -0.39 is 51.4 Å². The topological polar surface area (TPSA) is 101 Å². The lowest BCUT2D eigenvalue weighted by molar-refractivity contribution is -0.177. The molecule has 1 fully saturated rings. The molecular weight excluding hydrogens is 267 g/mol. The molecule has 6 nitrogen and oxygen atoms in total. The van der Waals surface area contributed by atoms with Crippen LogP contribution in [0.2, 0.25) is 0 Å². The summed E-state index contributed by atoms with van der Waals surface area (Å²) in [6.45, 7) is 0. The second-order valence-electron chi connectivity index (χ2n) is 3.68. The molecule has 1 unspecified atom stereocenters. The van der Waals surface area contributed by atoms with Gasteiger partial charge in [-0.3, -0.25) is 4.79 Å². The van der Waals surface area contributed by atoms with Crippen molar-refractivity contribution < 1.29 is 36.3 Å². The molecule has 0 aromatic rings. The number of carbonyl (C=O) groups is 2. The van der Waals surface area contributed by atoms with Crippen molar-refractivity contribution >= 4 is 21.7 Å². The third kappa shape index (κ3) is 2.87. The molecule has 1 rings (SSSR count). The van der Waals surface area contributed by atoms with Crippen LogP contribution in [0, 0.1) is 0 Å². The van der Waals surface area contributed by atoms with Gasteiger partial charge in [-0.05, 0) is 6.42 Å². The van der Waals surface area contributed by atoms with Crippen molar-refractivity contribution in [2.24, 2.45) is 0 Å². The zero-order chi connectivity index (χ0) is 13.5. The first-order valence-electron chi connectivity index (χ1n) is 4.32. The maximum atomic E-state index is 12.0. The van der Waals surface area contributed by atoms with E-state index in [1.165, 1.54) is 5.32 Å². The van der Waals surface area contributed by atoms with Crippen LogP contribution in [-0.4, -0.2) is 48.6 Å². The van der Waals surface area contributed by atoms with Gasteiger partial charge < -0.3 is 10.4 Å². The molecule has 0 radical (unpaired) electrons. The number of carboxylic acids is 1. The van der Waals surface area contributed by atoms with E-state index in [4.69, 9.17) is 5.11 Å². The maximum Gasteiger partial charge on any atom is 0.471 e. The average molecular weight is 275 g/mol. The number of halogens is 3. The number of alkyl halides is 3. The minimum absolute atomic E-state index is 0.572. The Hall–Kier alpha value is -1.32. The normalized spacial score (nSPS) is 27.7. The van der Waals surface area contributed by atoms with Crippen molar-refractivity contribution in [3.8, 4) is 0 Å². The molecule has 1 heterocycles. The smallest absolute Gasteiger partial charge is 0.471 e. The summed E-state index contributed by atoms with van der Waals surface area (Å²) in [5, 5.41) is 10.0. The van der Waals surface area contributed by atoms with Crippen LogP contribution in [0.5, 0.6) is 0 Å². The van der Waals surface area contributed by atoms with Crippen LogP contribution in [0.3, 0.4) is 0 Å².